The Bertz CT molecular complexity index is 712. The fourth-order valence-corrected chi connectivity index (χ4v) is 3.02. The molecule has 0 radical (unpaired) electrons. The molecular formula is C21H32N2O5. The first kappa shape index (κ1) is 21.9. The van der Waals surface area contributed by atoms with Crippen LogP contribution in [0.5, 0.6) is 5.75 Å². The molecule has 0 bridgehead atoms. The number of amides is 2. The molecule has 1 aromatic rings. The number of rotatable bonds is 4. The first-order valence-corrected chi connectivity index (χ1v) is 9.57. The largest absolute Gasteiger partial charge is 0.494 e. The van der Waals surface area contributed by atoms with Gasteiger partial charge < -0.3 is 24.4 Å². The summed E-state index contributed by atoms with van der Waals surface area (Å²) in [6.07, 6.45) is -0.953. The van der Waals surface area contributed by atoms with Crippen LogP contribution < -0.4 is 10.1 Å². The monoisotopic (exact) mass is 392 g/mol. The molecule has 0 spiro atoms. The molecule has 7 nitrogen and oxygen atoms in total. The number of hydrogen-bond acceptors (Lipinski definition) is 5. The highest BCUT2D eigenvalue weighted by Gasteiger charge is 2.51. The number of para-hydroxylation sites is 1. The van der Waals surface area contributed by atoms with Gasteiger partial charge in [-0.25, -0.2) is 9.59 Å². The smallest absolute Gasteiger partial charge is 0.410 e. The third-order valence-corrected chi connectivity index (χ3v) is 4.02. The van der Waals surface area contributed by atoms with Gasteiger partial charge in [0, 0.05) is 5.56 Å². The SMILES string of the molecule is CCOc1ccccc1C1(NC(=O)OC(C)(C)C)CN(C(=O)OC(C)(C)C)C1. The lowest BCUT2D eigenvalue weighted by molar-refractivity contribution is -0.0235. The summed E-state index contributed by atoms with van der Waals surface area (Å²) in [5.41, 5.74) is -1.20. The molecule has 0 aromatic heterocycles. The number of carbonyl (C=O) groups is 2. The van der Waals surface area contributed by atoms with Crippen molar-refractivity contribution in [1.29, 1.82) is 0 Å². The van der Waals surface area contributed by atoms with Crippen LogP contribution >= 0.6 is 0 Å². The summed E-state index contributed by atoms with van der Waals surface area (Å²) in [4.78, 5) is 26.5. The lowest BCUT2D eigenvalue weighted by Crippen LogP contribution is -2.69. The molecule has 2 rings (SSSR count). The minimum Gasteiger partial charge on any atom is -0.494 e. The van der Waals surface area contributed by atoms with E-state index < -0.39 is 28.9 Å². The van der Waals surface area contributed by atoms with E-state index in [1.54, 1.807) is 25.7 Å². The van der Waals surface area contributed by atoms with Crippen LogP contribution in [0.2, 0.25) is 0 Å². The van der Waals surface area contributed by atoms with Gasteiger partial charge >= 0.3 is 12.2 Å². The van der Waals surface area contributed by atoms with Gasteiger partial charge in [0.05, 0.1) is 19.7 Å². The molecular weight excluding hydrogens is 360 g/mol. The third kappa shape index (κ3) is 5.53. The molecule has 1 fully saturated rings. The molecule has 1 aliphatic heterocycles. The van der Waals surface area contributed by atoms with Crippen molar-refractivity contribution in [2.24, 2.45) is 0 Å². The van der Waals surface area contributed by atoms with Crippen molar-refractivity contribution in [3.05, 3.63) is 29.8 Å². The lowest BCUT2D eigenvalue weighted by Gasteiger charge is -2.50. The average Bonchev–Trinajstić information content (AvgIpc) is 2.48. The topological polar surface area (TPSA) is 77.1 Å². The second-order valence-corrected chi connectivity index (χ2v) is 8.97. The van der Waals surface area contributed by atoms with Crippen LogP contribution in [0.4, 0.5) is 9.59 Å². The fraction of sp³-hybridized carbons (Fsp3) is 0.619. The summed E-state index contributed by atoms with van der Waals surface area (Å²) in [7, 11) is 0. The second-order valence-electron chi connectivity index (χ2n) is 8.97. The first-order chi connectivity index (χ1) is 12.9. The van der Waals surface area contributed by atoms with Crippen molar-refractivity contribution < 1.29 is 23.8 Å². The quantitative estimate of drug-likeness (QED) is 0.836. The van der Waals surface area contributed by atoms with Gasteiger partial charge in [0.1, 0.15) is 22.5 Å². The van der Waals surface area contributed by atoms with Crippen LogP contribution in [-0.4, -0.2) is 48.0 Å². The van der Waals surface area contributed by atoms with Crippen molar-refractivity contribution in [3.63, 3.8) is 0 Å². The number of carbonyl (C=O) groups excluding carboxylic acids is 2. The summed E-state index contributed by atoms with van der Waals surface area (Å²) in [6, 6.07) is 7.51. The van der Waals surface area contributed by atoms with E-state index in [9.17, 15) is 9.59 Å². The Kier molecular flexibility index (Phi) is 6.16. The van der Waals surface area contributed by atoms with Gasteiger partial charge in [0.25, 0.3) is 0 Å². The van der Waals surface area contributed by atoms with E-state index in [4.69, 9.17) is 14.2 Å². The molecule has 1 N–H and O–H groups in total. The van der Waals surface area contributed by atoms with E-state index in [-0.39, 0.29) is 13.1 Å². The van der Waals surface area contributed by atoms with Gasteiger partial charge in [-0.1, -0.05) is 18.2 Å². The Morgan fingerprint density at radius 3 is 2.14 bits per heavy atom. The second kappa shape index (κ2) is 7.89. The number of likely N-dealkylation sites (tertiary alicyclic amines) is 1. The number of nitrogens with one attached hydrogen (secondary N) is 1. The zero-order chi connectivity index (χ0) is 21.2. The predicted molar refractivity (Wildman–Crippen MR) is 106 cm³/mol. The van der Waals surface area contributed by atoms with E-state index in [0.717, 1.165) is 5.56 Å². The Morgan fingerprint density at radius 1 is 1.04 bits per heavy atom. The Labute approximate surface area is 167 Å². The number of ether oxygens (including phenoxy) is 3. The standard InChI is InChI=1S/C21H32N2O5/c1-8-26-16-12-10-9-11-15(16)21(22-17(24)27-19(2,3)4)13-23(14-21)18(25)28-20(5,6)7/h9-12H,8,13-14H2,1-7H3,(H,22,24). The van der Waals surface area contributed by atoms with Gasteiger partial charge in [-0.3, -0.25) is 0 Å². The van der Waals surface area contributed by atoms with Crippen LogP contribution in [0.25, 0.3) is 0 Å². The van der Waals surface area contributed by atoms with Crippen molar-refractivity contribution in [3.8, 4) is 5.75 Å². The van der Waals surface area contributed by atoms with Crippen LogP contribution in [0.3, 0.4) is 0 Å². The maximum Gasteiger partial charge on any atom is 0.410 e. The molecule has 1 aromatic carbocycles. The average molecular weight is 392 g/mol. The van der Waals surface area contributed by atoms with Gasteiger partial charge in [0.15, 0.2) is 0 Å². The zero-order valence-corrected chi connectivity index (χ0v) is 17.9. The number of benzene rings is 1. The highest BCUT2D eigenvalue weighted by molar-refractivity contribution is 5.74. The number of alkyl carbamates (subject to hydrolysis) is 1. The van der Waals surface area contributed by atoms with Gasteiger partial charge in [-0.05, 0) is 54.5 Å². The molecule has 0 unspecified atom stereocenters. The van der Waals surface area contributed by atoms with Gasteiger partial charge in [0.2, 0.25) is 0 Å². The Balaban J connectivity index is 2.27. The maximum absolute atomic E-state index is 12.5. The maximum atomic E-state index is 12.5. The van der Waals surface area contributed by atoms with Crippen molar-refractivity contribution in [2.75, 3.05) is 19.7 Å². The van der Waals surface area contributed by atoms with E-state index in [1.165, 1.54) is 0 Å². The molecule has 0 saturated carbocycles. The normalized spacial score (nSPS) is 16.0. The first-order valence-electron chi connectivity index (χ1n) is 9.57. The molecule has 156 valence electrons. The molecule has 1 heterocycles. The van der Waals surface area contributed by atoms with E-state index in [0.29, 0.717) is 12.4 Å². The molecule has 1 aliphatic rings. The summed E-state index contributed by atoms with van der Waals surface area (Å²) in [6.45, 7) is 13.8. The lowest BCUT2D eigenvalue weighted by atomic mass is 9.82. The third-order valence-electron chi connectivity index (χ3n) is 4.02. The molecule has 0 aliphatic carbocycles. The molecule has 2 amide bonds. The van der Waals surface area contributed by atoms with E-state index in [1.807, 2.05) is 52.0 Å². The summed E-state index contributed by atoms with van der Waals surface area (Å²) >= 11 is 0. The Morgan fingerprint density at radius 2 is 1.61 bits per heavy atom. The Hall–Kier alpha value is -2.44. The summed E-state index contributed by atoms with van der Waals surface area (Å²) in [5, 5.41) is 2.96. The molecule has 7 heteroatoms. The van der Waals surface area contributed by atoms with Crippen molar-refractivity contribution in [1.82, 2.24) is 10.2 Å². The van der Waals surface area contributed by atoms with Gasteiger partial charge in [-0.15, -0.1) is 0 Å². The van der Waals surface area contributed by atoms with Crippen molar-refractivity contribution in [2.45, 2.75) is 65.2 Å². The van der Waals surface area contributed by atoms with E-state index >= 15 is 0 Å². The highest BCUT2D eigenvalue weighted by Crippen LogP contribution is 2.38. The fourth-order valence-electron chi connectivity index (χ4n) is 3.02. The predicted octanol–water partition coefficient (Wildman–Crippen LogP) is 4.06. The zero-order valence-electron chi connectivity index (χ0n) is 17.9. The summed E-state index contributed by atoms with van der Waals surface area (Å²) < 4.78 is 16.6. The molecule has 1 saturated heterocycles. The van der Waals surface area contributed by atoms with Crippen LogP contribution in [0.15, 0.2) is 24.3 Å². The molecule has 0 atom stereocenters. The van der Waals surface area contributed by atoms with E-state index in [2.05, 4.69) is 5.32 Å². The minimum atomic E-state index is -0.801. The highest BCUT2D eigenvalue weighted by atomic mass is 16.6. The van der Waals surface area contributed by atoms with Crippen LogP contribution in [-0.2, 0) is 15.0 Å². The summed E-state index contributed by atoms with van der Waals surface area (Å²) in [5.74, 6) is 0.671. The van der Waals surface area contributed by atoms with Gasteiger partial charge in [-0.2, -0.15) is 0 Å². The number of hydrogen-bond donors (Lipinski definition) is 1. The molecule has 28 heavy (non-hydrogen) atoms. The van der Waals surface area contributed by atoms with Crippen LogP contribution in [0.1, 0.15) is 54.0 Å². The van der Waals surface area contributed by atoms with Crippen LogP contribution in [0, 0.1) is 0 Å². The number of nitrogens with zero attached hydrogens (tertiary/aromatic N) is 1. The van der Waals surface area contributed by atoms with Crippen molar-refractivity contribution >= 4 is 12.2 Å². The minimum absolute atomic E-state index is 0.269.